The number of fused-ring (bicyclic) bond motifs is 1. The maximum Gasteiger partial charge on any atom is 0.341 e. The molecule has 1 atom stereocenters. The van der Waals surface area contributed by atoms with Crippen LogP contribution in [0.2, 0.25) is 0 Å². The van der Waals surface area contributed by atoms with Crippen LogP contribution in [0.3, 0.4) is 0 Å². The lowest BCUT2D eigenvalue weighted by Crippen LogP contribution is -2.33. The molecule has 0 aliphatic heterocycles. The van der Waals surface area contributed by atoms with Gasteiger partial charge in [-0.1, -0.05) is 0 Å². The molecule has 0 radical (unpaired) electrons. The molecule has 39 heavy (non-hydrogen) atoms. The van der Waals surface area contributed by atoms with E-state index in [9.17, 15) is 14.4 Å². The number of thiophene rings is 1. The van der Waals surface area contributed by atoms with Crippen molar-refractivity contribution in [2.75, 3.05) is 19.0 Å². The fourth-order valence-corrected chi connectivity index (χ4v) is 5.41. The van der Waals surface area contributed by atoms with Crippen LogP contribution in [0.15, 0.2) is 53.6 Å². The molecule has 1 aromatic heterocycles. The van der Waals surface area contributed by atoms with Crippen molar-refractivity contribution in [1.29, 1.82) is 0 Å². The topological polar surface area (TPSA) is 115 Å². The molecule has 0 fully saturated rings. The second-order valence-corrected chi connectivity index (χ2v) is 9.99. The van der Waals surface area contributed by atoms with Crippen LogP contribution in [0.4, 0.5) is 5.00 Å². The van der Waals surface area contributed by atoms with Crippen LogP contribution in [-0.4, -0.2) is 43.8 Å². The first-order valence-electron chi connectivity index (χ1n) is 12.8. The van der Waals surface area contributed by atoms with Gasteiger partial charge in [-0.2, -0.15) is 5.10 Å². The standard InChI is InChI=1S/C29H31N3O6S/c1-4-37-29(35)25-23-7-5-6-8-24(23)39-28(25)31-27(34)20-11-15-22(16-12-20)38-18(2)26(33)32-30-17-19-9-13-21(36-3)14-10-19/h9-18H,4-8H2,1-3H3,(H,31,34)(H,32,33)/b30-17+. The van der Waals surface area contributed by atoms with Crippen LogP contribution in [-0.2, 0) is 22.4 Å². The van der Waals surface area contributed by atoms with Gasteiger partial charge in [0.25, 0.3) is 11.8 Å². The number of methoxy groups -OCH3 is 1. The van der Waals surface area contributed by atoms with E-state index in [1.54, 1.807) is 57.4 Å². The van der Waals surface area contributed by atoms with Gasteiger partial charge in [-0.25, -0.2) is 10.2 Å². The number of amides is 2. The van der Waals surface area contributed by atoms with Gasteiger partial charge in [0, 0.05) is 10.4 Å². The summed E-state index contributed by atoms with van der Waals surface area (Å²) in [5, 5.41) is 7.38. The molecule has 2 aromatic carbocycles. The number of nitrogens with one attached hydrogen (secondary N) is 2. The zero-order chi connectivity index (χ0) is 27.8. The fourth-order valence-electron chi connectivity index (χ4n) is 4.14. The molecule has 0 bridgehead atoms. The van der Waals surface area contributed by atoms with Crippen LogP contribution in [0.5, 0.6) is 11.5 Å². The third-order valence-corrected chi connectivity index (χ3v) is 7.39. The molecule has 204 valence electrons. The van der Waals surface area contributed by atoms with Crippen LogP contribution in [0.1, 0.15) is 63.4 Å². The summed E-state index contributed by atoms with van der Waals surface area (Å²) >= 11 is 1.44. The van der Waals surface area contributed by atoms with Gasteiger partial charge in [0.2, 0.25) is 0 Å². The van der Waals surface area contributed by atoms with Crippen molar-refractivity contribution in [3.05, 3.63) is 75.7 Å². The monoisotopic (exact) mass is 549 g/mol. The zero-order valence-corrected chi connectivity index (χ0v) is 22.9. The number of ether oxygens (including phenoxy) is 3. The van der Waals surface area contributed by atoms with Gasteiger partial charge >= 0.3 is 5.97 Å². The number of nitrogens with zero attached hydrogens (tertiary/aromatic N) is 1. The lowest BCUT2D eigenvalue weighted by atomic mass is 9.95. The average Bonchev–Trinajstić information content (AvgIpc) is 3.31. The van der Waals surface area contributed by atoms with E-state index >= 15 is 0 Å². The smallest absolute Gasteiger partial charge is 0.341 e. The molecule has 9 nitrogen and oxygen atoms in total. The molecule has 0 spiro atoms. The molecule has 1 heterocycles. The number of aryl methyl sites for hydroxylation is 1. The maximum absolute atomic E-state index is 13.0. The van der Waals surface area contributed by atoms with Crippen molar-refractivity contribution in [2.24, 2.45) is 5.10 Å². The number of rotatable bonds is 10. The zero-order valence-electron chi connectivity index (χ0n) is 22.1. The molecule has 1 aliphatic rings. The SMILES string of the molecule is CCOC(=O)c1c(NC(=O)c2ccc(OC(C)C(=O)N/N=C/c3ccc(OC)cc3)cc2)sc2c1CCCC2. The Bertz CT molecular complexity index is 1350. The normalized spacial score (nSPS) is 13.3. The molecule has 1 aliphatic carbocycles. The van der Waals surface area contributed by atoms with Gasteiger partial charge in [0.05, 0.1) is 25.5 Å². The van der Waals surface area contributed by atoms with Gasteiger partial charge < -0.3 is 19.5 Å². The van der Waals surface area contributed by atoms with Crippen molar-refractivity contribution in [3.8, 4) is 11.5 Å². The van der Waals surface area contributed by atoms with Crippen LogP contribution in [0.25, 0.3) is 0 Å². The quantitative estimate of drug-likeness (QED) is 0.209. The Morgan fingerprint density at radius 2 is 1.72 bits per heavy atom. The molecule has 4 rings (SSSR count). The highest BCUT2D eigenvalue weighted by molar-refractivity contribution is 7.17. The van der Waals surface area contributed by atoms with E-state index in [-0.39, 0.29) is 12.5 Å². The highest BCUT2D eigenvalue weighted by atomic mass is 32.1. The Morgan fingerprint density at radius 1 is 1.03 bits per heavy atom. The van der Waals surface area contributed by atoms with Crippen molar-refractivity contribution in [1.82, 2.24) is 5.43 Å². The summed E-state index contributed by atoms with van der Waals surface area (Å²) in [5.74, 6) is -0.0175. The third-order valence-electron chi connectivity index (χ3n) is 6.18. The minimum atomic E-state index is -0.817. The van der Waals surface area contributed by atoms with E-state index in [4.69, 9.17) is 14.2 Å². The predicted molar refractivity (Wildman–Crippen MR) is 150 cm³/mol. The van der Waals surface area contributed by atoms with Crippen LogP contribution in [0, 0.1) is 0 Å². The minimum Gasteiger partial charge on any atom is -0.497 e. The predicted octanol–water partition coefficient (Wildman–Crippen LogP) is 4.98. The number of hydrogen-bond donors (Lipinski definition) is 2. The van der Waals surface area contributed by atoms with E-state index in [1.165, 1.54) is 17.6 Å². The molecule has 10 heteroatoms. The van der Waals surface area contributed by atoms with E-state index in [2.05, 4.69) is 15.8 Å². The first-order valence-corrected chi connectivity index (χ1v) is 13.6. The van der Waals surface area contributed by atoms with Crippen molar-refractivity contribution < 1.29 is 28.6 Å². The first kappa shape index (κ1) is 27.8. The van der Waals surface area contributed by atoms with Gasteiger partial charge in [-0.3, -0.25) is 9.59 Å². The molecule has 3 aromatic rings. The largest absolute Gasteiger partial charge is 0.497 e. The average molecular weight is 550 g/mol. The minimum absolute atomic E-state index is 0.268. The summed E-state index contributed by atoms with van der Waals surface area (Å²) < 4.78 is 16.1. The van der Waals surface area contributed by atoms with Crippen molar-refractivity contribution >= 4 is 40.3 Å². The van der Waals surface area contributed by atoms with Gasteiger partial charge in [-0.05, 0) is 99.2 Å². The van der Waals surface area contributed by atoms with Crippen molar-refractivity contribution in [3.63, 3.8) is 0 Å². The fraction of sp³-hybridized carbons (Fsp3) is 0.310. The number of anilines is 1. The molecule has 1 unspecified atom stereocenters. The second-order valence-electron chi connectivity index (χ2n) is 8.88. The second kappa shape index (κ2) is 13.1. The van der Waals surface area contributed by atoms with Gasteiger partial charge in [-0.15, -0.1) is 11.3 Å². The van der Waals surface area contributed by atoms with Crippen molar-refractivity contribution in [2.45, 2.75) is 45.6 Å². The summed E-state index contributed by atoms with van der Waals surface area (Å²) in [5.41, 5.74) is 5.11. The Kier molecular flexibility index (Phi) is 9.32. The molecule has 0 saturated heterocycles. The molecule has 2 N–H and O–H groups in total. The van der Waals surface area contributed by atoms with E-state index < -0.39 is 18.0 Å². The summed E-state index contributed by atoms with van der Waals surface area (Å²) in [6, 6.07) is 13.7. The number of carbonyl (C=O) groups excluding carboxylic acids is 3. The lowest BCUT2D eigenvalue weighted by molar-refractivity contribution is -0.127. The highest BCUT2D eigenvalue weighted by Gasteiger charge is 2.27. The Labute approximate surface area is 231 Å². The van der Waals surface area contributed by atoms with Gasteiger partial charge in [0.1, 0.15) is 16.5 Å². The number of hydrazone groups is 1. The summed E-state index contributed by atoms with van der Waals surface area (Å²) in [7, 11) is 1.59. The summed E-state index contributed by atoms with van der Waals surface area (Å²) in [6.45, 7) is 3.64. The Balaban J connectivity index is 1.35. The maximum atomic E-state index is 13.0. The summed E-state index contributed by atoms with van der Waals surface area (Å²) in [4.78, 5) is 39.1. The molecular formula is C29H31N3O6S. The van der Waals surface area contributed by atoms with Crippen LogP contribution < -0.4 is 20.2 Å². The van der Waals surface area contributed by atoms with E-state index in [1.807, 2.05) is 12.1 Å². The summed E-state index contributed by atoms with van der Waals surface area (Å²) in [6.07, 6.45) is 4.48. The van der Waals surface area contributed by atoms with Crippen LogP contribution >= 0.6 is 11.3 Å². The number of esters is 1. The number of hydrogen-bond acceptors (Lipinski definition) is 8. The highest BCUT2D eigenvalue weighted by Crippen LogP contribution is 2.38. The van der Waals surface area contributed by atoms with E-state index in [0.717, 1.165) is 47.4 Å². The first-order chi connectivity index (χ1) is 18.9. The van der Waals surface area contributed by atoms with E-state index in [0.29, 0.717) is 21.9 Å². The third kappa shape index (κ3) is 7.02. The lowest BCUT2D eigenvalue weighted by Gasteiger charge is -2.13. The number of benzene rings is 2. The molecule has 0 saturated carbocycles. The Hall–Kier alpha value is -4.18. The Morgan fingerprint density at radius 3 is 2.41 bits per heavy atom. The molecule has 2 amide bonds. The van der Waals surface area contributed by atoms with Gasteiger partial charge in [0.15, 0.2) is 6.10 Å². The number of carbonyl (C=O) groups is 3. The molecular weight excluding hydrogens is 518 g/mol.